The summed E-state index contributed by atoms with van der Waals surface area (Å²) in [6, 6.07) is 0. The molecule has 1 aliphatic rings. The van der Waals surface area contributed by atoms with Crippen molar-refractivity contribution in [1.82, 2.24) is 10.3 Å². The Labute approximate surface area is 91.6 Å². The molecule has 5 heteroatoms. The van der Waals surface area contributed by atoms with Gasteiger partial charge in [-0.1, -0.05) is 6.42 Å². The van der Waals surface area contributed by atoms with Crippen molar-refractivity contribution in [3.8, 4) is 0 Å². The first kappa shape index (κ1) is 12.3. The molecule has 0 aromatic carbocycles. The maximum absolute atomic E-state index is 5.43. The molecule has 15 heavy (non-hydrogen) atoms. The lowest BCUT2D eigenvalue weighted by molar-refractivity contribution is 0.207. The van der Waals surface area contributed by atoms with E-state index in [4.69, 9.17) is 10.6 Å². The van der Waals surface area contributed by atoms with Gasteiger partial charge in [-0.3, -0.25) is 5.43 Å². The van der Waals surface area contributed by atoms with E-state index in [9.17, 15) is 0 Å². The quantitative estimate of drug-likeness (QED) is 0.225. The van der Waals surface area contributed by atoms with E-state index >= 15 is 0 Å². The minimum Gasteiger partial charge on any atom is -0.383 e. The minimum absolute atomic E-state index is 0.627. The number of hydrogen-bond acceptors (Lipinski definition) is 3. The minimum atomic E-state index is 0.627. The summed E-state index contributed by atoms with van der Waals surface area (Å²) in [4.78, 5) is 6.41. The molecule has 0 unspecified atom stereocenters. The fourth-order valence-electron chi connectivity index (χ4n) is 1.67. The van der Waals surface area contributed by atoms with Gasteiger partial charge in [-0.2, -0.15) is 0 Å². The second kappa shape index (κ2) is 6.63. The second-order valence-electron chi connectivity index (χ2n) is 4.02. The van der Waals surface area contributed by atoms with Crippen LogP contribution in [-0.4, -0.2) is 44.7 Å². The van der Waals surface area contributed by atoms with Gasteiger partial charge < -0.3 is 9.64 Å². The van der Waals surface area contributed by atoms with E-state index in [1.54, 1.807) is 7.11 Å². The molecule has 0 saturated heterocycles. The Morgan fingerprint density at radius 3 is 2.80 bits per heavy atom. The zero-order valence-corrected chi connectivity index (χ0v) is 9.70. The Bertz CT molecular complexity index is 204. The van der Waals surface area contributed by atoms with E-state index in [2.05, 4.69) is 15.3 Å². The Kier molecular flexibility index (Phi) is 5.42. The summed E-state index contributed by atoms with van der Waals surface area (Å²) in [5, 5.41) is 0. The first-order valence-electron chi connectivity index (χ1n) is 5.49. The van der Waals surface area contributed by atoms with Gasteiger partial charge in [-0.05, 0) is 18.8 Å². The van der Waals surface area contributed by atoms with Gasteiger partial charge in [-0.25, -0.2) is 10.8 Å². The summed E-state index contributed by atoms with van der Waals surface area (Å²) in [5.74, 6) is 6.99. The number of ether oxygens (including phenoxy) is 1. The Morgan fingerprint density at radius 2 is 2.33 bits per heavy atom. The average molecular weight is 214 g/mol. The second-order valence-corrected chi connectivity index (χ2v) is 4.02. The van der Waals surface area contributed by atoms with Crippen molar-refractivity contribution in [1.29, 1.82) is 0 Å². The molecule has 1 aliphatic carbocycles. The van der Waals surface area contributed by atoms with Crippen molar-refractivity contribution >= 4 is 5.96 Å². The van der Waals surface area contributed by atoms with Gasteiger partial charge in [0.05, 0.1) is 13.2 Å². The van der Waals surface area contributed by atoms with Crippen LogP contribution in [0, 0.1) is 5.92 Å². The van der Waals surface area contributed by atoms with Crippen molar-refractivity contribution in [3.63, 3.8) is 0 Å². The van der Waals surface area contributed by atoms with Crippen LogP contribution in [0.5, 0.6) is 0 Å². The summed E-state index contributed by atoms with van der Waals surface area (Å²) < 4.78 is 4.94. The smallest absolute Gasteiger partial charge is 0.208 e. The zero-order chi connectivity index (χ0) is 11.1. The number of nitrogens with one attached hydrogen (secondary N) is 1. The Morgan fingerprint density at radius 1 is 1.60 bits per heavy atom. The predicted molar refractivity (Wildman–Crippen MR) is 61.5 cm³/mol. The highest BCUT2D eigenvalue weighted by atomic mass is 16.5. The van der Waals surface area contributed by atoms with Crippen LogP contribution in [0.2, 0.25) is 0 Å². The van der Waals surface area contributed by atoms with Crippen molar-refractivity contribution in [3.05, 3.63) is 0 Å². The standard InChI is InChI=1S/C10H22N4O/c1-14(8-9-4-3-5-9)10(13-11)12-6-7-15-2/h9H,3-8,11H2,1-2H3,(H,12,13). The molecular weight excluding hydrogens is 192 g/mol. The zero-order valence-electron chi connectivity index (χ0n) is 9.70. The Balaban J connectivity index is 2.30. The van der Waals surface area contributed by atoms with Crippen molar-refractivity contribution in [2.45, 2.75) is 19.3 Å². The normalized spacial score (nSPS) is 17.4. The number of rotatable bonds is 5. The lowest BCUT2D eigenvalue weighted by atomic mass is 9.85. The highest BCUT2D eigenvalue weighted by Crippen LogP contribution is 2.26. The SMILES string of the molecule is COCCN=C(NN)N(C)CC1CCC1. The van der Waals surface area contributed by atoms with Crippen molar-refractivity contribution in [2.75, 3.05) is 33.9 Å². The molecule has 0 heterocycles. The van der Waals surface area contributed by atoms with Gasteiger partial charge in [0.25, 0.3) is 0 Å². The van der Waals surface area contributed by atoms with Crippen LogP contribution in [0.25, 0.3) is 0 Å². The van der Waals surface area contributed by atoms with E-state index in [0.717, 1.165) is 18.4 Å². The molecule has 0 atom stereocenters. The van der Waals surface area contributed by atoms with Crippen molar-refractivity contribution in [2.24, 2.45) is 16.8 Å². The molecule has 1 rings (SSSR count). The largest absolute Gasteiger partial charge is 0.383 e. The van der Waals surface area contributed by atoms with Crippen molar-refractivity contribution < 1.29 is 4.74 Å². The third-order valence-corrected chi connectivity index (χ3v) is 2.80. The maximum atomic E-state index is 5.43. The van der Waals surface area contributed by atoms with Crippen LogP contribution >= 0.6 is 0 Å². The van der Waals surface area contributed by atoms with Gasteiger partial charge >= 0.3 is 0 Å². The maximum Gasteiger partial charge on any atom is 0.208 e. The lowest BCUT2D eigenvalue weighted by Gasteiger charge is -2.31. The summed E-state index contributed by atoms with van der Waals surface area (Å²) in [6.45, 7) is 2.31. The van der Waals surface area contributed by atoms with E-state index in [1.165, 1.54) is 19.3 Å². The topological polar surface area (TPSA) is 62.9 Å². The third kappa shape index (κ3) is 4.05. The Hall–Kier alpha value is -0.810. The highest BCUT2D eigenvalue weighted by Gasteiger charge is 2.20. The van der Waals surface area contributed by atoms with Gasteiger partial charge in [0.2, 0.25) is 5.96 Å². The summed E-state index contributed by atoms with van der Waals surface area (Å²) in [7, 11) is 3.69. The summed E-state index contributed by atoms with van der Waals surface area (Å²) >= 11 is 0. The van der Waals surface area contributed by atoms with Crippen LogP contribution in [0.4, 0.5) is 0 Å². The van der Waals surface area contributed by atoms with Gasteiger partial charge in [0, 0.05) is 20.7 Å². The molecule has 1 saturated carbocycles. The number of hydrazine groups is 1. The van der Waals surface area contributed by atoms with Crippen LogP contribution in [0.1, 0.15) is 19.3 Å². The third-order valence-electron chi connectivity index (χ3n) is 2.80. The summed E-state index contributed by atoms with van der Waals surface area (Å²) in [5.41, 5.74) is 2.63. The fourth-order valence-corrected chi connectivity index (χ4v) is 1.67. The van der Waals surface area contributed by atoms with Crippen LogP contribution in [0.15, 0.2) is 4.99 Å². The molecule has 0 aromatic rings. The molecule has 0 aliphatic heterocycles. The number of aliphatic imine (C=N–C) groups is 1. The average Bonchev–Trinajstić information content (AvgIpc) is 2.18. The van der Waals surface area contributed by atoms with E-state index in [1.807, 2.05) is 7.05 Å². The molecule has 0 spiro atoms. The van der Waals surface area contributed by atoms with E-state index in [-0.39, 0.29) is 0 Å². The van der Waals surface area contributed by atoms with Crippen LogP contribution in [0.3, 0.4) is 0 Å². The molecule has 0 bridgehead atoms. The molecule has 0 amide bonds. The molecule has 0 aromatic heterocycles. The molecule has 5 nitrogen and oxygen atoms in total. The van der Waals surface area contributed by atoms with Gasteiger partial charge in [0.15, 0.2) is 0 Å². The number of methoxy groups -OCH3 is 1. The number of hydrogen-bond donors (Lipinski definition) is 2. The van der Waals surface area contributed by atoms with Crippen LogP contribution in [-0.2, 0) is 4.74 Å². The fraction of sp³-hybridized carbons (Fsp3) is 0.900. The predicted octanol–water partition coefficient (Wildman–Crippen LogP) is 0.184. The number of nitrogens with zero attached hydrogens (tertiary/aromatic N) is 2. The number of nitrogens with two attached hydrogens (primary N) is 1. The number of guanidine groups is 1. The first-order chi connectivity index (χ1) is 7.27. The molecule has 88 valence electrons. The van der Waals surface area contributed by atoms with E-state index < -0.39 is 0 Å². The first-order valence-corrected chi connectivity index (χ1v) is 5.49. The molecular formula is C10H22N4O. The molecule has 3 N–H and O–H groups in total. The van der Waals surface area contributed by atoms with Gasteiger partial charge in [-0.15, -0.1) is 0 Å². The summed E-state index contributed by atoms with van der Waals surface area (Å²) in [6.07, 6.45) is 4.03. The molecule has 1 fully saturated rings. The van der Waals surface area contributed by atoms with Gasteiger partial charge in [0.1, 0.15) is 0 Å². The highest BCUT2D eigenvalue weighted by molar-refractivity contribution is 5.79. The monoisotopic (exact) mass is 214 g/mol. The van der Waals surface area contributed by atoms with E-state index in [0.29, 0.717) is 13.2 Å². The molecule has 0 radical (unpaired) electrons. The van der Waals surface area contributed by atoms with Crippen LogP contribution < -0.4 is 11.3 Å². The lowest BCUT2D eigenvalue weighted by Crippen LogP contribution is -2.45.